The van der Waals surface area contributed by atoms with Crippen LogP contribution in [0.1, 0.15) is 31.7 Å². The molecule has 0 aliphatic carbocycles. The number of benzene rings is 1. The van der Waals surface area contributed by atoms with Gasteiger partial charge in [0.25, 0.3) is 0 Å². The molecule has 0 fully saturated rings. The van der Waals surface area contributed by atoms with Gasteiger partial charge < -0.3 is 10.1 Å². The Morgan fingerprint density at radius 2 is 2.03 bits per heavy atom. The summed E-state index contributed by atoms with van der Waals surface area (Å²) in [5.41, 5.74) is 1.19. The summed E-state index contributed by atoms with van der Waals surface area (Å²) in [6.45, 7) is 2.79. The third-order valence-electron chi connectivity index (χ3n) is 4.39. The maximum Gasteiger partial charge on any atom is 0.211 e. The van der Waals surface area contributed by atoms with Gasteiger partial charge in [-0.2, -0.15) is 0 Å². The smallest absolute Gasteiger partial charge is 0.211 e. The largest absolute Gasteiger partial charge is 0.489 e. The van der Waals surface area contributed by atoms with Crippen LogP contribution in [0.2, 0.25) is 0 Å². The van der Waals surface area contributed by atoms with Gasteiger partial charge in [0.1, 0.15) is 6.61 Å². The molecule has 2 N–H and O–H groups in total. The standard InChI is InChI=1S/C22H31FN2O3S/c1-2-17-29(26,27)25-15-16-28-22-13-12-20(18-19-9-5-3-6-10-19)24-14-8-4-7-11-21(22)23/h3,5-7,9-13,20,24-25H,2,4,8,14-18H2,1H3. The average molecular weight is 423 g/mol. The van der Waals surface area contributed by atoms with Gasteiger partial charge in [0.2, 0.25) is 10.0 Å². The van der Waals surface area contributed by atoms with Crippen molar-refractivity contribution in [3.8, 4) is 0 Å². The van der Waals surface area contributed by atoms with Crippen molar-refractivity contribution in [3.63, 3.8) is 0 Å². The molecule has 0 aromatic heterocycles. The number of allylic oxidation sites excluding steroid dienone is 4. The van der Waals surface area contributed by atoms with Crippen LogP contribution >= 0.6 is 0 Å². The normalized spacial score (nSPS) is 18.5. The van der Waals surface area contributed by atoms with Crippen molar-refractivity contribution >= 4 is 10.0 Å². The van der Waals surface area contributed by atoms with Crippen LogP contribution in [-0.4, -0.2) is 39.9 Å². The van der Waals surface area contributed by atoms with E-state index in [-0.39, 0.29) is 30.7 Å². The fraction of sp³-hybridized carbons (Fsp3) is 0.455. The van der Waals surface area contributed by atoms with E-state index >= 15 is 0 Å². The zero-order valence-electron chi connectivity index (χ0n) is 16.9. The first-order valence-electron chi connectivity index (χ1n) is 10.1. The molecular weight excluding hydrogens is 391 g/mol. The summed E-state index contributed by atoms with van der Waals surface area (Å²) >= 11 is 0. The first-order valence-corrected chi connectivity index (χ1v) is 11.8. The molecule has 5 nitrogen and oxygen atoms in total. The first-order chi connectivity index (χ1) is 14.0. The highest BCUT2D eigenvalue weighted by molar-refractivity contribution is 7.89. The predicted molar refractivity (Wildman–Crippen MR) is 116 cm³/mol. The van der Waals surface area contributed by atoms with Gasteiger partial charge in [-0.25, -0.2) is 17.5 Å². The van der Waals surface area contributed by atoms with Crippen molar-refractivity contribution in [2.24, 2.45) is 0 Å². The van der Waals surface area contributed by atoms with Crippen molar-refractivity contribution in [2.75, 3.05) is 25.4 Å². The summed E-state index contributed by atoms with van der Waals surface area (Å²) in [6, 6.07) is 10.2. The molecule has 0 spiro atoms. The van der Waals surface area contributed by atoms with E-state index in [0.29, 0.717) is 6.42 Å². The monoisotopic (exact) mass is 422 g/mol. The SMILES string of the molecule is CCCS(=O)(=O)NCCOC1=C(F)C=CCCCNC(Cc2ccccc2)C=C1. The van der Waals surface area contributed by atoms with E-state index in [4.69, 9.17) is 4.74 Å². The Kier molecular flexibility index (Phi) is 10.1. The molecule has 7 heteroatoms. The lowest BCUT2D eigenvalue weighted by molar-refractivity contribution is 0.221. The Hall–Kier alpha value is -1.96. The zero-order chi connectivity index (χ0) is 21.0. The zero-order valence-corrected chi connectivity index (χ0v) is 17.8. The number of sulfonamides is 1. The lowest BCUT2D eigenvalue weighted by Crippen LogP contribution is -2.30. The number of nitrogens with one attached hydrogen (secondary N) is 2. The molecular formula is C22H31FN2O3S. The topological polar surface area (TPSA) is 67.4 Å². The Labute approximate surface area is 173 Å². The number of hydrogen-bond donors (Lipinski definition) is 2. The van der Waals surface area contributed by atoms with Gasteiger partial charge in [0.05, 0.1) is 5.75 Å². The second-order valence-corrected chi connectivity index (χ2v) is 8.85. The fourth-order valence-electron chi connectivity index (χ4n) is 2.95. The van der Waals surface area contributed by atoms with Crippen LogP contribution in [0.3, 0.4) is 0 Å². The summed E-state index contributed by atoms with van der Waals surface area (Å²) in [4.78, 5) is 0. The Balaban J connectivity index is 2.03. The second kappa shape index (κ2) is 12.6. The molecule has 1 heterocycles. The van der Waals surface area contributed by atoms with Crippen LogP contribution < -0.4 is 10.0 Å². The molecule has 1 aromatic carbocycles. The van der Waals surface area contributed by atoms with Crippen molar-refractivity contribution in [3.05, 3.63) is 71.8 Å². The van der Waals surface area contributed by atoms with E-state index in [1.54, 1.807) is 19.1 Å². The number of halogens is 1. The quantitative estimate of drug-likeness (QED) is 0.597. The van der Waals surface area contributed by atoms with E-state index in [0.717, 1.165) is 25.8 Å². The lowest BCUT2D eigenvalue weighted by Gasteiger charge is -2.15. The number of ether oxygens (including phenoxy) is 1. The predicted octanol–water partition coefficient (Wildman–Crippen LogP) is 3.62. The summed E-state index contributed by atoms with van der Waals surface area (Å²) in [5.74, 6) is -0.282. The van der Waals surface area contributed by atoms with E-state index in [2.05, 4.69) is 22.2 Å². The van der Waals surface area contributed by atoms with Crippen LogP contribution in [0.25, 0.3) is 0 Å². The number of rotatable bonds is 9. The van der Waals surface area contributed by atoms with E-state index in [1.165, 1.54) is 11.6 Å². The Bertz CT molecular complexity index is 805. The minimum Gasteiger partial charge on any atom is -0.489 e. The minimum absolute atomic E-state index is 0.0463. The number of hydrogen-bond acceptors (Lipinski definition) is 4. The Morgan fingerprint density at radius 1 is 1.24 bits per heavy atom. The van der Waals surface area contributed by atoms with Gasteiger partial charge in [-0.3, -0.25) is 0 Å². The van der Waals surface area contributed by atoms with Crippen molar-refractivity contribution < 1.29 is 17.5 Å². The van der Waals surface area contributed by atoms with Crippen LogP contribution in [0.5, 0.6) is 0 Å². The molecule has 0 bridgehead atoms. The van der Waals surface area contributed by atoms with Gasteiger partial charge in [-0.15, -0.1) is 0 Å². The highest BCUT2D eigenvalue weighted by Crippen LogP contribution is 2.14. The van der Waals surface area contributed by atoms with Gasteiger partial charge in [-0.1, -0.05) is 49.4 Å². The van der Waals surface area contributed by atoms with Crippen LogP contribution in [0.4, 0.5) is 4.39 Å². The second-order valence-electron chi connectivity index (χ2n) is 6.93. The van der Waals surface area contributed by atoms with Gasteiger partial charge in [0, 0.05) is 12.6 Å². The van der Waals surface area contributed by atoms with Gasteiger partial charge in [0.15, 0.2) is 11.6 Å². The average Bonchev–Trinajstić information content (AvgIpc) is 2.73. The molecule has 0 saturated carbocycles. The molecule has 0 amide bonds. The molecule has 29 heavy (non-hydrogen) atoms. The summed E-state index contributed by atoms with van der Waals surface area (Å²) < 4.78 is 45.9. The van der Waals surface area contributed by atoms with E-state index < -0.39 is 15.9 Å². The molecule has 1 unspecified atom stereocenters. The van der Waals surface area contributed by atoms with Crippen LogP contribution in [-0.2, 0) is 21.2 Å². The lowest BCUT2D eigenvalue weighted by atomic mass is 10.1. The summed E-state index contributed by atoms with van der Waals surface area (Å²) in [7, 11) is -3.30. The van der Waals surface area contributed by atoms with Crippen molar-refractivity contribution in [2.45, 2.75) is 38.6 Å². The minimum atomic E-state index is -3.30. The third kappa shape index (κ3) is 9.39. The van der Waals surface area contributed by atoms with E-state index in [1.807, 2.05) is 24.3 Å². The summed E-state index contributed by atoms with van der Waals surface area (Å²) in [6.07, 6.45) is 9.75. The molecule has 2 rings (SSSR count). The maximum absolute atomic E-state index is 14.5. The highest BCUT2D eigenvalue weighted by atomic mass is 32.2. The van der Waals surface area contributed by atoms with Gasteiger partial charge in [-0.05, 0) is 49.9 Å². The van der Waals surface area contributed by atoms with Crippen LogP contribution in [0.15, 0.2) is 66.2 Å². The molecule has 1 atom stereocenters. The molecule has 0 radical (unpaired) electrons. The highest BCUT2D eigenvalue weighted by Gasteiger charge is 2.11. The van der Waals surface area contributed by atoms with E-state index in [9.17, 15) is 12.8 Å². The molecule has 1 aromatic rings. The fourth-order valence-corrected chi connectivity index (χ4v) is 4.03. The van der Waals surface area contributed by atoms with Crippen LogP contribution in [0, 0.1) is 0 Å². The maximum atomic E-state index is 14.5. The third-order valence-corrected chi connectivity index (χ3v) is 5.98. The van der Waals surface area contributed by atoms with Gasteiger partial charge >= 0.3 is 0 Å². The Morgan fingerprint density at radius 3 is 2.79 bits per heavy atom. The molecule has 1 aliphatic heterocycles. The first kappa shape index (κ1) is 23.3. The summed E-state index contributed by atoms with van der Waals surface area (Å²) in [5, 5.41) is 3.49. The molecule has 160 valence electrons. The van der Waals surface area contributed by atoms with Crippen molar-refractivity contribution in [1.29, 1.82) is 0 Å². The molecule has 1 aliphatic rings. The molecule has 0 saturated heterocycles. The van der Waals surface area contributed by atoms with Crippen molar-refractivity contribution in [1.82, 2.24) is 10.0 Å².